The second kappa shape index (κ2) is 7.14. The summed E-state index contributed by atoms with van der Waals surface area (Å²) in [5.74, 6) is 0.824. The fraction of sp³-hybridized carbons (Fsp3) is 0.474. The molecule has 2 atom stereocenters. The molecule has 1 aromatic carbocycles. The lowest BCUT2D eigenvalue weighted by Gasteiger charge is -2.36. The summed E-state index contributed by atoms with van der Waals surface area (Å²) in [7, 11) is 0. The van der Waals surface area contributed by atoms with Crippen LogP contribution in [0, 0.1) is 0 Å². The summed E-state index contributed by atoms with van der Waals surface area (Å²) < 4.78 is 8.62. The fourth-order valence-corrected chi connectivity index (χ4v) is 5.40. The van der Waals surface area contributed by atoms with Gasteiger partial charge in [-0.1, -0.05) is 28.1 Å². The predicted molar refractivity (Wildman–Crippen MR) is 110 cm³/mol. The molecule has 1 amide bonds. The second-order valence-corrected chi connectivity index (χ2v) is 9.63. The molecular formula is C19H22BrN3O3S. The van der Waals surface area contributed by atoms with Gasteiger partial charge in [0.1, 0.15) is 5.82 Å². The zero-order valence-electron chi connectivity index (χ0n) is 15.3. The highest BCUT2D eigenvalue weighted by molar-refractivity contribution is 9.10. The topological polar surface area (TPSA) is 76.1 Å². The molecule has 6 nitrogen and oxygen atoms in total. The molecule has 4 rings (SSSR count). The summed E-state index contributed by atoms with van der Waals surface area (Å²) in [6.45, 7) is 4.74. The number of thioether (sulfide) groups is 1. The fourth-order valence-electron chi connectivity index (χ4n) is 3.87. The Kier molecular flexibility index (Phi) is 4.98. The largest absolute Gasteiger partial charge is 0.375 e. The van der Waals surface area contributed by atoms with Crippen molar-refractivity contribution in [1.29, 1.82) is 0 Å². The van der Waals surface area contributed by atoms with Crippen molar-refractivity contribution in [2.75, 3.05) is 17.7 Å². The number of carbonyl (C=O) groups is 1. The van der Waals surface area contributed by atoms with Gasteiger partial charge in [0.2, 0.25) is 5.91 Å². The smallest absolute Gasteiger partial charge is 0.270 e. The molecule has 0 spiro atoms. The molecule has 0 aliphatic carbocycles. The summed E-state index contributed by atoms with van der Waals surface area (Å²) in [5, 5.41) is 5.76. The number of anilines is 1. The minimum Gasteiger partial charge on any atom is -0.375 e. The van der Waals surface area contributed by atoms with E-state index in [1.54, 1.807) is 0 Å². The average molecular weight is 452 g/mol. The van der Waals surface area contributed by atoms with Crippen LogP contribution in [0.3, 0.4) is 0 Å². The van der Waals surface area contributed by atoms with Gasteiger partial charge in [-0.05, 0) is 44.4 Å². The lowest BCUT2D eigenvalue weighted by molar-refractivity contribution is -0.113. The third-order valence-electron chi connectivity index (χ3n) is 5.05. The van der Waals surface area contributed by atoms with Crippen LogP contribution in [0.4, 0.5) is 5.82 Å². The molecule has 27 heavy (non-hydrogen) atoms. The lowest BCUT2D eigenvalue weighted by Crippen LogP contribution is -2.36. The Morgan fingerprint density at radius 2 is 2.15 bits per heavy atom. The van der Waals surface area contributed by atoms with Gasteiger partial charge in [-0.2, -0.15) is 0 Å². The van der Waals surface area contributed by atoms with Crippen LogP contribution in [0.2, 0.25) is 0 Å². The van der Waals surface area contributed by atoms with Crippen LogP contribution in [0.15, 0.2) is 33.5 Å². The molecule has 2 aliphatic rings. The van der Waals surface area contributed by atoms with E-state index in [1.165, 1.54) is 11.8 Å². The van der Waals surface area contributed by atoms with Crippen LogP contribution in [-0.4, -0.2) is 33.6 Å². The van der Waals surface area contributed by atoms with Crippen LogP contribution in [0.5, 0.6) is 0 Å². The maximum Gasteiger partial charge on any atom is 0.270 e. The first-order valence-corrected chi connectivity index (χ1v) is 10.8. The molecule has 2 aliphatic heterocycles. The van der Waals surface area contributed by atoms with Crippen molar-refractivity contribution < 1.29 is 9.53 Å². The van der Waals surface area contributed by atoms with Crippen molar-refractivity contribution in [1.82, 2.24) is 9.78 Å². The molecule has 3 heterocycles. The lowest BCUT2D eigenvalue weighted by atomic mass is 9.94. The predicted octanol–water partition coefficient (Wildman–Crippen LogP) is 3.84. The number of hydrogen-bond acceptors (Lipinski definition) is 4. The number of ether oxygens (including phenoxy) is 1. The number of benzene rings is 1. The number of halogens is 1. The molecule has 1 saturated heterocycles. The molecule has 144 valence electrons. The van der Waals surface area contributed by atoms with Crippen LogP contribution < -0.4 is 10.9 Å². The van der Waals surface area contributed by atoms with E-state index in [0.29, 0.717) is 23.7 Å². The molecule has 1 aromatic heterocycles. The number of nitrogens with zero attached hydrogens (tertiary/aromatic N) is 1. The van der Waals surface area contributed by atoms with Crippen LogP contribution in [-0.2, 0) is 9.53 Å². The van der Waals surface area contributed by atoms with Crippen molar-refractivity contribution in [3.8, 4) is 0 Å². The van der Waals surface area contributed by atoms with Crippen LogP contribution >= 0.6 is 27.7 Å². The Bertz CT molecular complexity index is 937. The zero-order chi connectivity index (χ0) is 19.2. The van der Waals surface area contributed by atoms with Crippen molar-refractivity contribution in [2.24, 2.45) is 0 Å². The van der Waals surface area contributed by atoms with E-state index in [-0.39, 0.29) is 28.4 Å². The molecule has 2 aromatic rings. The maximum atomic E-state index is 12.9. The van der Waals surface area contributed by atoms with Crippen molar-refractivity contribution >= 4 is 39.4 Å². The van der Waals surface area contributed by atoms with E-state index >= 15 is 0 Å². The number of aromatic nitrogens is 2. The van der Waals surface area contributed by atoms with Gasteiger partial charge in [0, 0.05) is 11.1 Å². The monoisotopic (exact) mass is 451 g/mol. The highest BCUT2D eigenvalue weighted by Gasteiger charge is 2.35. The molecule has 0 radical (unpaired) electrons. The van der Waals surface area contributed by atoms with Crippen molar-refractivity contribution in [3.63, 3.8) is 0 Å². The first-order valence-electron chi connectivity index (χ1n) is 8.99. The number of aromatic amines is 1. The zero-order valence-corrected chi connectivity index (χ0v) is 17.7. The highest BCUT2D eigenvalue weighted by atomic mass is 79.9. The minimum absolute atomic E-state index is 0.0803. The Morgan fingerprint density at radius 1 is 1.33 bits per heavy atom. The van der Waals surface area contributed by atoms with Gasteiger partial charge in [0.15, 0.2) is 0 Å². The molecule has 2 N–H and O–H groups in total. The summed E-state index contributed by atoms with van der Waals surface area (Å²) >= 11 is 4.98. The SMILES string of the molecule is CC1(C)C[C@H](n2[nH]c(=O)c3c2NC(=O)CS[C@@H]3c2cccc(Br)c2)CCO1. The van der Waals surface area contributed by atoms with Gasteiger partial charge in [-0.15, -0.1) is 11.8 Å². The third-order valence-corrected chi connectivity index (χ3v) is 6.81. The van der Waals surface area contributed by atoms with Gasteiger partial charge in [-0.25, -0.2) is 0 Å². The summed E-state index contributed by atoms with van der Waals surface area (Å²) in [6, 6.07) is 7.99. The molecule has 1 fully saturated rings. The molecule has 0 unspecified atom stereocenters. The van der Waals surface area contributed by atoms with Crippen molar-refractivity contribution in [3.05, 3.63) is 50.2 Å². The average Bonchev–Trinajstić information content (AvgIpc) is 2.80. The number of nitrogens with one attached hydrogen (secondary N) is 2. The highest BCUT2D eigenvalue weighted by Crippen LogP contribution is 2.42. The second-order valence-electron chi connectivity index (χ2n) is 7.62. The van der Waals surface area contributed by atoms with E-state index in [4.69, 9.17) is 4.74 Å². The molecule has 0 saturated carbocycles. The van der Waals surface area contributed by atoms with Gasteiger partial charge in [0.25, 0.3) is 5.56 Å². The number of H-pyrrole nitrogens is 1. The Labute approximate surface area is 170 Å². The summed E-state index contributed by atoms with van der Waals surface area (Å²) in [6.07, 6.45) is 1.57. The summed E-state index contributed by atoms with van der Waals surface area (Å²) in [4.78, 5) is 25.3. The maximum absolute atomic E-state index is 12.9. The van der Waals surface area contributed by atoms with E-state index in [0.717, 1.165) is 22.9 Å². The van der Waals surface area contributed by atoms with Crippen LogP contribution in [0.1, 0.15) is 49.1 Å². The van der Waals surface area contributed by atoms with Gasteiger partial charge >= 0.3 is 0 Å². The van der Waals surface area contributed by atoms with Gasteiger partial charge in [0.05, 0.1) is 28.2 Å². The van der Waals surface area contributed by atoms with Crippen molar-refractivity contribution in [2.45, 2.75) is 43.6 Å². The Hall–Kier alpha value is -1.51. The first-order chi connectivity index (χ1) is 12.8. The Balaban J connectivity index is 1.81. The van der Waals surface area contributed by atoms with E-state index in [1.807, 2.05) is 28.9 Å². The van der Waals surface area contributed by atoms with E-state index in [2.05, 4.69) is 40.2 Å². The quantitative estimate of drug-likeness (QED) is 0.726. The number of rotatable bonds is 2. The molecule has 0 bridgehead atoms. The standard InChI is InChI=1S/C19H22BrN3O3S/c1-19(2)9-13(6-7-26-19)23-17-15(18(25)22-23)16(27-10-14(24)21-17)11-4-3-5-12(20)8-11/h3-5,8,13,16H,6-7,9-10H2,1-2H3,(H,21,24)(H,22,25)/t13-,16-/m1/s1. The summed E-state index contributed by atoms with van der Waals surface area (Å²) in [5.41, 5.74) is 1.22. The third kappa shape index (κ3) is 3.75. The van der Waals surface area contributed by atoms with E-state index < -0.39 is 0 Å². The normalized spacial score (nSPS) is 24.8. The number of amides is 1. The first kappa shape index (κ1) is 18.8. The van der Waals surface area contributed by atoms with E-state index in [9.17, 15) is 9.59 Å². The van der Waals surface area contributed by atoms with Gasteiger partial charge < -0.3 is 10.1 Å². The number of carbonyl (C=O) groups excluding carboxylic acids is 1. The number of hydrogen-bond donors (Lipinski definition) is 2. The van der Waals surface area contributed by atoms with Gasteiger partial charge in [-0.3, -0.25) is 19.4 Å². The minimum atomic E-state index is -0.260. The Morgan fingerprint density at radius 3 is 2.89 bits per heavy atom. The molecular weight excluding hydrogens is 430 g/mol. The number of fused-ring (bicyclic) bond motifs is 1. The molecule has 8 heteroatoms. The van der Waals surface area contributed by atoms with Crippen LogP contribution in [0.25, 0.3) is 0 Å².